The predicted molar refractivity (Wildman–Crippen MR) is 86.9 cm³/mol. The molecular formula is C15H19BrN4. The van der Waals surface area contributed by atoms with Gasteiger partial charge in [-0.25, -0.2) is 5.01 Å². The number of pyridine rings is 1. The van der Waals surface area contributed by atoms with Crippen molar-refractivity contribution in [2.24, 2.45) is 0 Å². The van der Waals surface area contributed by atoms with Crippen LogP contribution in [-0.4, -0.2) is 48.1 Å². The van der Waals surface area contributed by atoms with Gasteiger partial charge in [-0.05, 0) is 38.2 Å². The highest BCUT2D eigenvalue weighted by atomic mass is 79.9. The lowest BCUT2D eigenvalue weighted by molar-refractivity contribution is 0.179. The van der Waals surface area contributed by atoms with Crippen molar-refractivity contribution in [1.82, 2.24) is 14.9 Å². The van der Waals surface area contributed by atoms with E-state index in [1.54, 1.807) is 0 Å². The molecule has 4 nitrogen and oxygen atoms in total. The summed E-state index contributed by atoms with van der Waals surface area (Å²) in [5.74, 6) is 0. The van der Waals surface area contributed by atoms with E-state index in [0.717, 1.165) is 52.9 Å². The number of piperazine rings is 1. The Morgan fingerprint density at radius 1 is 1.15 bits per heavy atom. The number of hydrogen-bond donors (Lipinski definition) is 1. The zero-order chi connectivity index (χ0) is 14.1. The van der Waals surface area contributed by atoms with E-state index >= 15 is 0 Å². The third-order valence-electron chi connectivity index (χ3n) is 3.68. The van der Waals surface area contributed by atoms with Crippen molar-refractivity contribution in [3.05, 3.63) is 34.4 Å². The van der Waals surface area contributed by atoms with Crippen LogP contribution in [0.4, 0.5) is 5.69 Å². The maximum atomic E-state index is 4.59. The molecule has 1 N–H and O–H groups in total. The zero-order valence-electron chi connectivity index (χ0n) is 11.9. The number of likely N-dealkylation sites (N-methyl/N-ethyl adjacent to an activating group) is 1. The van der Waals surface area contributed by atoms with Crippen LogP contribution in [0.3, 0.4) is 0 Å². The van der Waals surface area contributed by atoms with E-state index in [4.69, 9.17) is 0 Å². The molecule has 1 aliphatic heterocycles. The number of halogens is 1. The van der Waals surface area contributed by atoms with E-state index in [2.05, 4.69) is 61.5 Å². The Morgan fingerprint density at radius 3 is 2.65 bits per heavy atom. The van der Waals surface area contributed by atoms with Crippen LogP contribution in [0.15, 0.2) is 28.7 Å². The monoisotopic (exact) mass is 334 g/mol. The normalized spacial score (nSPS) is 17.6. The van der Waals surface area contributed by atoms with Crippen molar-refractivity contribution in [3.8, 4) is 0 Å². The van der Waals surface area contributed by atoms with Crippen LogP contribution < -0.4 is 5.43 Å². The van der Waals surface area contributed by atoms with Gasteiger partial charge in [0.25, 0.3) is 0 Å². The quantitative estimate of drug-likeness (QED) is 0.915. The second-order valence-electron chi connectivity index (χ2n) is 5.37. The lowest BCUT2D eigenvalue weighted by Crippen LogP contribution is -2.46. The highest BCUT2D eigenvalue weighted by molar-refractivity contribution is 9.10. The van der Waals surface area contributed by atoms with E-state index < -0.39 is 0 Å². The fourth-order valence-electron chi connectivity index (χ4n) is 2.51. The summed E-state index contributed by atoms with van der Waals surface area (Å²) in [7, 11) is 2.17. The number of rotatable bonds is 2. The van der Waals surface area contributed by atoms with Gasteiger partial charge in [-0.1, -0.05) is 15.9 Å². The van der Waals surface area contributed by atoms with Crippen molar-refractivity contribution in [1.29, 1.82) is 0 Å². The van der Waals surface area contributed by atoms with Crippen molar-refractivity contribution in [2.75, 3.05) is 38.7 Å². The largest absolute Gasteiger partial charge is 0.318 e. The molecule has 0 bridgehead atoms. The summed E-state index contributed by atoms with van der Waals surface area (Å²) in [6.07, 6.45) is 0. The SMILES string of the molecule is Cc1cc(NN2CCN(C)CC2)c2cc(Br)ccc2n1. The Labute approximate surface area is 127 Å². The highest BCUT2D eigenvalue weighted by Gasteiger charge is 2.15. The second-order valence-corrected chi connectivity index (χ2v) is 6.29. The molecule has 0 spiro atoms. The lowest BCUT2D eigenvalue weighted by Gasteiger charge is -2.33. The molecule has 20 heavy (non-hydrogen) atoms. The second kappa shape index (κ2) is 5.68. The Bertz CT molecular complexity index is 621. The molecule has 1 saturated heterocycles. The summed E-state index contributed by atoms with van der Waals surface area (Å²) < 4.78 is 1.08. The molecule has 0 radical (unpaired) electrons. The number of benzene rings is 1. The molecule has 5 heteroatoms. The maximum absolute atomic E-state index is 4.59. The van der Waals surface area contributed by atoms with Gasteiger partial charge >= 0.3 is 0 Å². The number of aromatic nitrogens is 1. The van der Waals surface area contributed by atoms with Crippen molar-refractivity contribution >= 4 is 32.5 Å². The molecule has 1 aliphatic rings. The molecule has 2 heterocycles. The smallest absolute Gasteiger partial charge is 0.0727 e. The van der Waals surface area contributed by atoms with Gasteiger partial charge in [0.1, 0.15) is 0 Å². The Morgan fingerprint density at radius 2 is 1.90 bits per heavy atom. The predicted octanol–water partition coefficient (Wildman–Crippen LogP) is 2.88. The standard InChI is InChI=1S/C15H19BrN4/c1-11-9-15(18-20-7-5-19(2)6-8-20)13-10-12(16)3-4-14(13)17-11/h3-4,9-10H,5-8H2,1-2H3,(H,17,18). The molecule has 0 saturated carbocycles. The first kappa shape index (κ1) is 13.8. The number of nitrogens with one attached hydrogen (secondary N) is 1. The Balaban J connectivity index is 1.92. The summed E-state index contributed by atoms with van der Waals surface area (Å²) >= 11 is 3.54. The molecule has 1 aromatic carbocycles. The Hall–Kier alpha value is -1.17. The van der Waals surface area contributed by atoms with Gasteiger partial charge < -0.3 is 10.3 Å². The minimum atomic E-state index is 1.03. The fourth-order valence-corrected chi connectivity index (χ4v) is 2.87. The van der Waals surface area contributed by atoms with Gasteiger partial charge in [0.2, 0.25) is 0 Å². The molecule has 0 unspecified atom stereocenters. The Kier molecular flexibility index (Phi) is 3.92. The van der Waals surface area contributed by atoms with Gasteiger partial charge in [-0.3, -0.25) is 4.98 Å². The molecule has 0 atom stereocenters. The average molecular weight is 335 g/mol. The molecule has 0 amide bonds. The maximum Gasteiger partial charge on any atom is 0.0727 e. The minimum Gasteiger partial charge on any atom is -0.318 e. The van der Waals surface area contributed by atoms with E-state index in [-0.39, 0.29) is 0 Å². The first-order valence-corrected chi connectivity index (χ1v) is 7.68. The molecule has 0 aliphatic carbocycles. The van der Waals surface area contributed by atoms with Crippen molar-refractivity contribution < 1.29 is 0 Å². The molecular weight excluding hydrogens is 316 g/mol. The van der Waals surface area contributed by atoms with E-state index in [0.29, 0.717) is 0 Å². The average Bonchev–Trinajstić information content (AvgIpc) is 2.42. The number of fused-ring (bicyclic) bond motifs is 1. The summed E-state index contributed by atoms with van der Waals surface area (Å²) in [5, 5.41) is 3.44. The third-order valence-corrected chi connectivity index (χ3v) is 4.17. The van der Waals surface area contributed by atoms with Gasteiger partial charge in [-0.15, -0.1) is 0 Å². The summed E-state index contributed by atoms with van der Waals surface area (Å²) in [6.45, 7) is 6.30. The van der Waals surface area contributed by atoms with Gasteiger partial charge in [0.15, 0.2) is 0 Å². The van der Waals surface area contributed by atoms with Crippen LogP contribution >= 0.6 is 15.9 Å². The molecule has 2 aromatic rings. The van der Waals surface area contributed by atoms with E-state index in [1.807, 2.05) is 13.0 Å². The van der Waals surface area contributed by atoms with Gasteiger partial charge in [0.05, 0.1) is 11.2 Å². The van der Waals surface area contributed by atoms with Gasteiger partial charge in [-0.2, -0.15) is 0 Å². The lowest BCUT2D eigenvalue weighted by atomic mass is 10.1. The van der Waals surface area contributed by atoms with E-state index in [9.17, 15) is 0 Å². The number of hydrazine groups is 1. The van der Waals surface area contributed by atoms with Crippen LogP contribution in [-0.2, 0) is 0 Å². The number of aryl methyl sites for hydroxylation is 1. The van der Waals surface area contributed by atoms with Crippen molar-refractivity contribution in [3.63, 3.8) is 0 Å². The zero-order valence-corrected chi connectivity index (χ0v) is 13.4. The van der Waals surface area contributed by atoms with Crippen LogP contribution in [0.5, 0.6) is 0 Å². The summed E-state index contributed by atoms with van der Waals surface area (Å²) in [6, 6.07) is 8.34. The van der Waals surface area contributed by atoms with Crippen LogP contribution in [0, 0.1) is 6.92 Å². The topological polar surface area (TPSA) is 31.4 Å². The molecule has 1 aromatic heterocycles. The van der Waals surface area contributed by atoms with E-state index in [1.165, 1.54) is 0 Å². The first-order valence-electron chi connectivity index (χ1n) is 6.89. The molecule has 3 rings (SSSR count). The van der Waals surface area contributed by atoms with Crippen LogP contribution in [0.2, 0.25) is 0 Å². The number of hydrogen-bond acceptors (Lipinski definition) is 4. The number of anilines is 1. The van der Waals surface area contributed by atoms with Crippen molar-refractivity contribution in [2.45, 2.75) is 6.92 Å². The molecule has 1 fully saturated rings. The molecule has 106 valence electrons. The van der Waals surface area contributed by atoms with Gasteiger partial charge in [0, 0.05) is 41.7 Å². The number of nitrogens with zero attached hydrogens (tertiary/aromatic N) is 3. The van der Waals surface area contributed by atoms with Crippen LogP contribution in [0.25, 0.3) is 10.9 Å². The minimum absolute atomic E-state index is 1.03. The highest BCUT2D eigenvalue weighted by Crippen LogP contribution is 2.27. The summed E-state index contributed by atoms with van der Waals surface area (Å²) in [5.41, 5.74) is 6.77. The first-order chi connectivity index (χ1) is 9.61. The van der Waals surface area contributed by atoms with Crippen LogP contribution in [0.1, 0.15) is 5.69 Å². The third kappa shape index (κ3) is 2.95. The summed E-state index contributed by atoms with van der Waals surface area (Å²) in [4.78, 5) is 6.95. The fraction of sp³-hybridized carbons (Fsp3) is 0.400.